The van der Waals surface area contributed by atoms with Crippen LogP contribution in [0.4, 0.5) is 9.59 Å². The van der Waals surface area contributed by atoms with Gasteiger partial charge in [0.2, 0.25) is 11.8 Å². The third kappa shape index (κ3) is 12.9. The van der Waals surface area contributed by atoms with E-state index in [-0.39, 0.29) is 19.6 Å². The molecule has 2 aromatic heterocycles. The predicted molar refractivity (Wildman–Crippen MR) is 211 cm³/mol. The van der Waals surface area contributed by atoms with E-state index in [1.54, 1.807) is 38.7 Å². The molecule has 0 spiro atoms. The molecule has 0 aliphatic rings. The number of carbonyl (C=O) groups excluding carboxylic acids is 3. The van der Waals surface area contributed by atoms with Gasteiger partial charge in [0, 0.05) is 30.4 Å². The van der Waals surface area contributed by atoms with Crippen LogP contribution in [-0.2, 0) is 27.4 Å². The van der Waals surface area contributed by atoms with E-state index in [1.165, 1.54) is 11.3 Å². The molecule has 0 saturated heterocycles. The molecule has 1 unspecified atom stereocenters. The van der Waals surface area contributed by atoms with Gasteiger partial charge in [0.05, 0.1) is 28.2 Å². The summed E-state index contributed by atoms with van der Waals surface area (Å²) in [6.07, 6.45) is 0.472. The van der Waals surface area contributed by atoms with Crippen LogP contribution < -0.4 is 21.3 Å². The Labute approximate surface area is 326 Å². The zero-order valence-corrected chi connectivity index (χ0v) is 32.9. The second-order valence-electron chi connectivity index (χ2n) is 15.6. The monoisotopic (exact) mass is 772 g/mol. The van der Waals surface area contributed by atoms with E-state index >= 15 is 0 Å². The maximum Gasteiger partial charge on any atom is 0.408 e. The molecule has 294 valence electrons. The summed E-state index contributed by atoms with van der Waals surface area (Å²) in [7, 11) is 0. The summed E-state index contributed by atoms with van der Waals surface area (Å²) in [5, 5.41) is 32.2. The van der Waals surface area contributed by atoms with E-state index in [9.17, 15) is 29.4 Å². The topological polar surface area (TPSA) is 192 Å². The second-order valence-corrected chi connectivity index (χ2v) is 16.5. The number of aromatic nitrogens is 2. The zero-order chi connectivity index (χ0) is 40.2. The number of benzene rings is 2. The lowest BCUT2D eigenvalue weighted by molar-refractivity contribution is -0.128. The van der Waals surface area contributed by atoms with E-state index < -0.39 is 65.0 Å². The first-order valence-electron chi connectivity index (χ1n) is 18.1. The molecule has 0 aliphatic carbocycles. The van der Waals surface area contributed by atoms with Crippen molar-refractivity contribution >= 4 is 35.3 Å². The molecule has 4 aromatic rings. The Bertz CT molecular complexity index is 1830. The average Bonchev–Trinajstić information content (AvgIpc) is 3.67. The number of hydrogen-bond donors (Lipinski definition) is 6. The highest BCUT2D eigenvalue weighted by atomic mass is 32.1. The molecule has 0 saturated carbocycles. The maximum atomic E-state index is 14.3. The molecule has 55 heavy (non-hydrogen) atoms. The van der Waals surface area contributed by atoms with Gasteiger partial charge in [-0.3, -0.25) is 19.6 Å². The number of pyridine rings is 1. The van der Waals surface area contributed by atoms with Gasteiger partial charge in [-0.1, -0.05) is 102 Å². The van der Waals surface area contributed by atoms with Crippen molar-refractivity contribution < 1.29 is 34.1 Å². The first kappa shape index (κ1) is 42.4. The van der Waals surface area contributed by atoms with Gasteiger partial charge in [-0.2, -0.15) is 0 Å². The zero-order valence-electron chi connectivity index (χ0n) is 32.1. The average molecular weight is 773 g/mol. The van der Waals surface area contributed by atoms with Gasteiger partial charge in [0.15, 0.2) is 0 Å². The summed E-state index contributed by atoms with van der Waals surface area (Å²) in [6.45, 7) is 10.7. The van der Waals surface area contributed by atoms with Gasteiger partial charge in [-0.25, -0.2) is 9.59 Å². The molecule has 0 radical (unpaired) electrons. The van der Waals surface area contributed by atoms with Crippen LogP contribution in [0.25, 0.3) is 11.3 Å². The van der Waals surface area contributed by atoms with Gasteiger partial charge in [-0.15, -0.1) is 11.3 Å². The third-order valence-corrected chi connectivity index (χ3v) is 9.86. The van der Waals surface area contributed by atoms with E-state index in [1.807, 2.05) is 93.6 Å². The summed E-state index contributed by atoms with van der Waals surface area (Å²) in [6, 6.07) is 20.2. The number of aliphatic hydroxyl groups excluding tert-OH is 1. The number of carboxylic acid groups (broad SMARTS) is 1. The van der Waals surface area contributed by atoms with E-state index in [0.29, 0.717) is 6.42 Å². The van der Waals surface area contributed by atoms with Crippen molar-refractivity contribution in [2.75, 3.05) is 6.54 Å². The molecular formula is C41H52N6O7S. The Balaban J connectivity index is 1.63. The lowest BCUT2D eigenvalue weighted by Gasteiger charge is -2.36. The highest BCUT2D eigenvalue weighted by molar-refractivity contribution is 7.09. The van der Waals surface area contributed by atoms with Crippen molar-refractivity contribution in [2.45, 2.75) is 91.1 Å². The van der Waals surface area contributed by atoms with Crippen LogP contribution in [0.3, 0.4) is 0 Å². The quantitative estimate of drug-likeness (QED) is 0.0804. The number of carbonyl (C=O) groups is 4. The minimum atomic E-state index is -1.33. The Morgan fingerprint density at radius 3 is 2.05 bits per heavy atom. The number of nitrogens with zero attached hydrogens (tertiary/aromatic N) is 2. The normalized spacial score (nSPS) is 14.4. The number of ether oxygens (including phenoxy) is 1. The van der Waals surface area contributed by atoms with Gasteiger partial charge < -0.3 is 36.2 Å². The van der Waals surface area contributed by atoms with Crippen LogP contribution in [0.15, 0.2) is 90.7 Å². The lowest BCUT2D eigenvalue weighted by atomic mass is 9.81. The van der Waals surface area contributed by atoms with Crippen LogP contribution in [-0.4, -0.2) is 75.0 Å². The molecule has 4 rings (SSSR count). The minimum Gasteiger partial charge on any atom is -0.465 e. The molecule has 6 N–H and O–H groups in total. The highest BCUT2D eigenvalue weighted by Gasteiger charge is 2.39. The van der Waals surface area contributed by atoms with E-state index in [0.717, 1.165) is 27.3 Å². The van der Waals surface area contributed by atoms with Crippen LogP contribution in [0.2, 0.25) is 0 Å². The summed E-state index contributed by atoms with van der Waals surface area (Å²) >= 11 is 1.34. The van der Waals surface area contributed by atoms with Crippen LogP contribution >= 0.6 is 11.3 Å². The lowest BCUT2D eigenvalue weighted by Crippen LogP contribution is -2.58. The van der Waals surface area contributed by atoms with Crippen LogP contribution in [0, 0.1) is 10.8 Å². The number of aliphatic hydroxyl groups is 1. The first-order valence-corrected chi connectivity index (χ1v) is 19.0. The van der Waals surface area contributed by atoms with Crippen molar-refractivity contribution in [3.8, 4) is 11.3 Å². The van der Waals surface area contributed by atoms with Gasteiger partial charge in [0.25, 0.3) is 0 Å². The molecule has 0 bridgehead atoms. The smallest absolute Gasteiger partial charge is 0.408 e. The molecule has 4 amide bonds. The van der Waals surface area contributed by atoms with Crippen molar-refractivity contribution in [1.82, 2.24) is 31.2 Å². The minimum absolute atomic E-state index is 0.00466. The van der Waals surface area contributed by atoms with Crippen LogP contribution in [0.1, 0.15) is 69.9 Å². The Hall–Kier alpha value is -5.34. The number of alkyl carbamates (subject to hydrolysis) is 1. The first-order chi connectivity index (χ1) is 26.0. The van der Waals surface area contributed by atoms with Crippen molar-refractivity contribution in [3.63, 3.8) is 0 Å². The molecule has 2 heterocycles. The van der Waals surface area contributed by atoms with E-state index in [4.69, 9.17) is 4.74 Å². The Morgan fingerprint density at radius 2 is 1.47 bits per heavy atom. The maximum absolute atomic E-state index is 14.3. The fourth-order valence-electron chi connectivity index (χ4n) is 6.17. The van der Waals surface area contributed by atoms with Gasteiger partial charge >= 0.3 is 12.2 Å². The number of nitrogens with one attached hydrogen (secondary N) is 4. The van der Waals surface area contributed by atoms with Gasteiger partial charge in [-0.05, 0) is 46.9 Å². The summed E-state index contributed by atoms with van der Waals surface area (Å²) in [5.41, 5.74) is 3.71. The van der Waals surface area contributed by atoms with E-state index in [2.05, 4.69) is 31.2 Å². The molecular weight excluding hydrogens is 721 g/mol. The number of rotatable bonds is 16. The fourth-order valence-corrected chi connectivity index (χ4v) is 6.68. The molecule has 0 fully saturated rings. The number of amides is 4. The Kier molecular flexibility index (Phi) is 14.9. The second kappa shape index (κ2) is 19.3. The number of hydrogen-bond acceptors (Lipinski definition) is 9. The van der Waals surface area contributed by atoms with Crippen molar-refractivity contribution in [2.24, 2.45) is 10.8 Å². The fraction of sp³-hybridized carbons (Fsp3) is 0.415. The van der Waals surface area contributed by atoms with Gasteiger partial charge in [0.1, 0.15) is 18.7 Å². The number of thiazole rings is 1. The highest BCUT2D eigenvalue weighted by Crippen LogP contribution is 2.30. The third-order valence-electron chi connectivity index (χ3n) is 9.11. The largest absolute Gasteiger partial charge is 0.465 e. The molecule has 5 atom stereocenters. The summed E-state index contributed by atoms with van der Waals surface area (Å²) in [4.78, 5) is 61.1. The molecule has 14 heteroatoms. The van der Waals surface area contributed by atoms with Crippen LogP contribution in [0.5, 0.6) is 0 Å². The molecule has 2 aromatic carbocycles. The van der Waals surface area contributed by atoms with Crippen molar-refractivity contribution in [3.05, 3.63) is 107 Å². The predicted octanol–water partition coefficient (Wildman–Crippen LogP) is 5.91. The Morgan fingerprint density at radius 1 is 0.818 bits per heavy atom. The van der Waals surface area contributed by atoms with Crippen molar-refractivity contribution in [1.29, 1.82) is 0 Å². The summed E-state index contributed by atoms with van der Waals surface area (Å²) in [5.74, 6) is -1.53. The SMILES string of the molecule is CC(C)(C)[C@H](NC(=O)O)C(=O)NCC[C@H](O)[C@@H](NC(=O)[C@@H](NC(=O)OCc1cncs1)C(C)(C)C)C(Cc1ccc(-c2ccccn2)cc1)c1ccccc1. The molecule has 0 aliphatic heterocycles. The standard InChI is InChI=1S/C41H52N6O7S/c1-40(2,3)34(46-38(51)52)36(49)44-21-19-32(48)33(45-37(50)35(41(4,5)6)47-39(53)54-24-29-23-42-25-55-29)30(27-12-8-7-9-13-27)22-26-15-17-28(18-16-26)31-14-10-11-20-43-31/h7-18,20,23,25,30,32-35,46,48H,19,21-22,24H2,1-6H3,(H,44,49)(H,45,50)(H,47,53)(H,51,52)/t30?,32-,33-,34+,35+/m0/s1. The summed E-state index contributed by atoms with van der Waals surface area (Å²) < 4.78 is 5.40. The molecule has 13 nitrogen and oxygen atoms in total.